The zero-order valence-corrected chi connectivity index (χ0v) is 37.8. The molecule has 3 fully saturated rings. The molecule has 0 bridgehead atoms. The second-order valence-electron chi connectivity index (χ2n) is 16.4. The van der Waals surface area contributed by atoms with Crippen molar-refractivity contribution in [2.24, 2.45) is 22.0 Å². The van der Waals surface area contributed by atoms with Crippen LogP contribution in [0, 0.1) is 11.8 Å². The zero-order chi connectivity index (χ0) is 45.8. The minimum Gasteiger partial charge on any atom is -0.480 e. The highest BCUT2D eigenvalue weighted by Gasteiger charge is 2.38. The molecule has 64 heavy (non-hydrogen) atoms. The van der Waals surface area contributed by atoms with Gasteiger partial charge in [-0.2, -0.15) is 27.4 Å². The van der Waals surface area contributed by atoms with Crippen molar-refractivity contribution < 1.29 is 58.0 Å². The summed E-state index contributed by atoms with van der Waals surface area (Å²) in [7, 11) is 0. The lowest BCUT2D eigenvalue weighted by atomic mass is 9.74. The summed E-state index contributed by atoms with van der Waals surface area (Å²) in [6.07, 6.45) is 4.93. The van der Waals surface area contributed by atoms with Gasteiger partial charge in [-0.1, -0.05) is 24.3 Å². The van der Waals surface area contributed by atoms with Crippen LogP contribution in [0.3, 0.4) is 0 Å². The molecule has 1 aromatic rings. The van der Waals surface area contributed by atoms with Crippen LogP contribution in [0.1, 0.15) is 63.0 Å². The second kappa shape index (κ2) is 26.5. The first-order valence-corrected chi connectivity index (χ1v) is 23.4. The van der Waals surface area contributed by atoms with Crippen LogP contribution in [0.25, 0.3) is 0 Å². The Kier molecular flexibility index (Phi) is 20.9. The maximum Gasteiger partial charge on any atom is 0.431 e. The van der Waals surface area contributed by atoms with E-state index in [9.17, 15) is 39.0 Å². The molecule has 1 aromatic carbocycles. The lowest BCUT2D eigenvalue weighted by Gasteiger charge is -2.34. The van der Waals surface area contributed by atoms with Gasteiger partial charge in [0.2, 0.25) is 17.7 Å². The molecule has 354 valence electrons. The molecule has 0 aromatic heterocycles. The topological polar surface area (TPSA) is 242 Å². The summed E-state index contributed by atoms with van der Waals surface area (Å²) < 4.78 is 16.7. The third kappa shape index (κ3) is 16.5. The number of ether oxygens (including phenoxy) is 3. The quantitative estimate of drug-likeness (QED) is 0.0736. The Hall–Kier alpha value is -4.51. The molecule has 1 aliphatic carbocycles. The standard InChI is InChI=1S/C43H64N8O12S/c1-30-34-11-10-33(63-43(59)47-62-25-24-61-23-22-60-21-13-44-37(52)12-14-51-38(53)26-36(64-2)42(51)58)4-3-5-35(34)41(46-45-30)32-8-6-31(7-9-32)27-48-15-17-49(28-39(54)55)19-20-50(18-16-48)29-40(56)57/h6-9,33-36H,3-5,10-29H2,1-2H3,(H,44,52)(H,47,59)(H,54,55)(H,56,57). The maximum atomic E-state index is 12.6. The molecule has 4 aliphatic rings. The number of nitrogens with one attached hydrogen (secondary N) is 2. The van der Waals surface area contributed by atoms with Crippen molar-refractivity contribution in [2.75, 3.05) is 105 Å². The minimum atomic E-state index is -0.902. The van der Waals surface area contributed by atoms with Gasteiger partial charge in [-0.05, 0) is 56.4 Å². The van der Waals surface area contributed by atoms with Crippen LogP contribution in [-0.4, -0.2) is 193 Å². The van der Waals surface area contributed by atoms with E-state index in [-0.39, 0.29) is 106 Å². The van der Waals surface area contributed by atoms with Gasteiger partial charge in [0.05, 0.1) is 57.1 Å². The Bertz CT molecular complexity index is 1770. The predicted molar refractivity (Wildman–Crippen MR) is 237 cm³/mol. The van der Waals surface area contributed by atoms with E-state index in [0.29, 0.717) is 65.3 Å². The molecular formula is C43H64N8O12S. The first-order chi connectivity index (χ1) is 30.9. The lowest BCUT2D eigenvalue weighted by molar-refractivity contribution is -0.140. The summed E-state index contributed by atoms with van der Waals surface area (Å²) in [6.45, 7) is 7.48. The predicted octanol–water partition coefficient (Wildman–Crippen LogP) is 1.71. The fraction of sp³-hybridized carbons (Fsp3) is 0.674. The zero-order valence-electron chi connectivity index (χ0n) is 37.0. The average Bonchev–Trinajstić information content (AvgIpc) is 3.57. The number of carbonyl (C=O) groups is 6. The number of carboxylic acids is 2. The van der Waals surface area contributed by atoms with Crippen LogP contribution in [-0.2, 0) is 49.6 Å². The molecule has 4 N–H and O–H groups in total. The molecule has 4 atom stereocenters. The molecule has 0 radical (unpaired) electrons. The summed E-state index contributed by atoms with van der Waals surface area (Å²) in [5, 5.41) is 30.4. The molecule has 3 heterocycles. The van der Waals surface area contributed by atoms with Crippen LogP contribution >= 0.6 is 11.8 Å². The third-order valence-electron chi connectivity index (χ3n) is 11.8. The number of carboxylic acid groups (broad SMARTS) is 2. The van der Waals surface area contributed by atoms with E-state index in [4.69, 9.17) is 19.0 Å². The fourth-order valence-electron chi connectivity index (χ4n) is 8.40. The first kappa shape index (κ1) is 50.5. The van der Waals surface area contributed by atoms with Crippen molar-refractivity contribution in [2.45, 2.75) is 69.8 Å². The van der Waals surface area contributed by atoms with Gasteiger partial charge in [-0.15, -0.1) is 0 Å². The summed E-state index contributed by atoms with van der Waals surface area (Å²) in [5.74, 6) is -2.22. The molecule has 20 nitrogen and oxygen atoms in total. The Morgan fingerprint density at radius 3 is 2.08 bits per heavy atom. The Balaban J connectivity index is 0.950. The Morgan fingerprint density at radius 1 is 0.797 bits per heavy atom. The van der Waals surface area contributed by atoms with Crippen molar-refractivity contribution in [3.63, 3.8) is 0 Å². The van der Waals surface area contributed by atoms with Crippen molar-refractivity contribution in [3.05, 3.63) is 35.4 Å². The van der Waals surface area contributed by atoms with Gasteiger partial charge in [0.25, 0.3) is 0 Å². The van der Waals surface area contributed by atoms with Crippen LogP contribution in [0.2, 0.25) is 0 Å². The van der Waals surface area contributed by atoms with Gasteiger partial charge in [-0.3, -0.25) is 48.4 Å². The first-order valence-electron chi connectivity index (χ1n) is 22.1. The number of aliphatic carboxylic acids is 2. The van der Waals surface area contributed by atoms with Gasteiger partial charge in [0.15, 0.2) is 0 Å². The number of nitrogens with zero attached hydrogens (tertiary/aromatic N) is 6. The van der Waals surface area contributed by atoms with Gasteiger partial charge in [0.1, 0.15) is 6.10 Å². The molecule has 1 saturated carbocycles. The number of hydroxylamine groups is 1. The Morgan fingerprint density at radius 2 is 1.44 bits per heavy atom. The highest BCUT2D eigenvalue weighted by atomic mass is 32.2. The number of benzene rings is 1. The summed E-state index contributed by atoms with van der Waals surface area (Å²) in [5.41, 5.74) is 6.36. The van der Waals surface area contributed by atoms with Gasteiger partial charge < -0.3 is 29.7 Å². The van der Waals surface area contributed by atoms with Gasteiger partial charge in [0, 0.05) is 89.3 Å². The highest BCUT2D eigenvalue weighted by Crippen LogP contribution is 2.35. The second-order valence-corrected chi connectivity index (χ2v) is 17.4. The van der Waals surface area contributed by atoms with E-state index in [1.165, 1.54) is 11.8 Å². The van der Waals surface area contributed by atoms with Crippen LogP contribution in [0.5, 0.6) is 0 Å². The smallest absolute Gasteiger partial charge is 0.431 e. The minimum absolute atomic E-state index is 0.0411. The molecule has 5 rings (SSSR count). The fourth-order valence-corrected chi connectivity index (χ4v) is 9.04. The highest BCUT2D eigenvalue weighted by molar-refractivity contribution is 8.00. The van der Waals surface area contributed by atoms with E-state index in [1.54, 1.807) is 6.26 Å². The number of thioether (sulfide) groups is 1. The van der Waals surface area contributed by atoms with Crippen molar-refractivity contribution in [1.82, 2.24) is 30.4 Å². The number of likely N-dealkylation sites (tertiary alicyclic amines) is 1. The molecular weight excluding hydrogens is 853 g/mol. The van der Waals surface area contributed by atoms with Crippen molar-refractivity contribution in [1.29, 1.82) is 0 Å². The van der Waals surface area contributed by atoms with Crippen LogP contribution in [0.15, 0.2) is 34.5 Å². The van der Waals surface area contributed by atoms with Crippen molar-refractivity contribution >= 4 is 58.9 Å². The molecule has 0 spiro atoms. The number of hydrogen-bond acceptors (Lipinski definition) is 16. The summed E-state index contributed by atoms with van der Waals surface area (Å²) in [6, 6.07) is 8.35. The van der Waals surface area contributed by atoms with E-state index in [1.807, 2.05) is 16.7 Å². The number of rotatable bonds is 22. The number of carbonyl (C=O) groups excluding carboxylic acids is 4. The molecule has 4 amide bonds. The SMILES string of the molecule is CSC1CC(=O)N(CCC(=O)NCCOCCOCCONC(=O)OC2CCCC3C(c4ccc(CN5CCN(CC(=O)O)CCN(CC(=O)O)CC5)cc4)=NN=C(C)C3CC2)C1=O. The normalized spacial score (nSPS) is 22.8. The molecule has 2 saturated heterocycles. The van der Waals surface area contributed by atoms with Gasteiger partial charge >= 0.3 is 18.0 Å². The van der Waals surface area contributed by atoms with E-state index in [0.717, 1.165) is 46.7 Å². The third-order valence-corrected chi connectivity index (χ3v) is 12.8. The molecule has 4 unspecified atom stereocenters. The Labute approximate surface area is 378 Å². The average molecular weight is 917 g/mol. The van der Waals surface area contributed by atoms with Crippen LogP contribution < -0.4 is 10.8 Å². The maximum absolute atomic E-state index is 12.6. The number of imide groups is 1. The number of amides is 4. The molecule has 21 heteroatoms. The number of fused-ring (bicyclic) bond motifs is 1. The van der Waals surface area contributed by atoms with Crippen molar-refractivity contribution in [3.8, 4) is 0 Å². The largest absolute Gasteiger partial charge is 0.480 e. The monoisotopic (exact) mass is 916 g/mol. The lowest BCUT2D eigenvalue weighted by Crippen LogP contribution is -2.40. The molecule has 3 aliphatic heterocycles. The van der Waals surface area contributed by atoms with E-state index >= 15 is 0 Å². The number of hydrogen-bond donors (Lipinski definition) is 4. The van der Waals surface area contributed by atoms with E-state index < -0.39 is 18.0 Å². The van der Waals surface area contributed by atoms with Gasteiger partial charge in [-0.25, -0.2) is 4.79 Å². The summed E-state index contributed by atoms with van der Waals surface area (Å²) >= 11 is 1.34. The van der Waals surface area contributed by atoms with E-state index in [2.05, 4.69) is 50.2 Å². The van der Waals surface area contributed by atoms with Crippen LogP contribution in [0.4, 0.5) is 4.79 Å². The summed E-state index contributed by atoms with van der Waals surface area (Å²) in [4.78, 5) is 84.1.